The molecule has 0 spiro atoms. The monoisotopic (exact) mass is 310 g/mol. The average Bonchev–Trinajstić information content (AvgIpc) is 2.49. The van der Waals surface area contributed by atoms with Gasteiger partial charge in [0.25, 0.3) is 0 Å². The Morgan fingerprint density at radius 1 is 1.33 bits per heavy atom. The predicted octanol–water partition coefficient (Wildman–Crippen LogP) is 1.26. The van der Waals surface area contributed by atoms with Crippen LogP contribution in [-0.4, -0.2) is 43.6 Å². The van der Waals surface area contributed by atoms with Crippen molar-refractivity contribution in [3.8, 4) is 11.5 Å². The van der Waals surface area contributed by atoms with E-state index < -0.39 is 0 Å². The number of thioether (sulfide) groups is 1. The van der Waals surface area contributed by atoms with Crippen LogP contribution in [-0.2, 0) is 9.59 Å². The van der Waals surface area contributed by atoms with Crippen molar-refractivity contribution >= 4 is 29.3 Å². The van der Waals surface area contributed by atoms with Gasteiger partial charge in [-0.05, 0) is 0 Å². The first-order valence-electron chi connectivity index (χ1n) is 6.54. The number of hydrogen-bond acceptors (Lipinski definition) is 5. The summed E-state index contributed by atoms with van der Waals surface area (Å²) < 4.78 is 10.3. The Balaban J connectivity index is 2.00. The van der Waals surface area contributed by atoms with Gasteiger partial charge in [-0.2, -0.15) is 0 Å². The highest BCUT2D eigenvalue weighted by molar-refractivity contribution is 8.00. The molecule has 1 aliphatic rings. The normalized spacial score (nSPS) is 17.8. The van der Waals surface area contributed by atoms with E-state index in [1.54, 1.807) is 32.4 Å². The van der Waals surface area contributed by atoms with Crippen molar-refractivity contribution in [3.05, 3.63) is 18.2 Å². The van der Waals surface area contributed by atoms with Crippen LogP contribution in [0.25, 0.3) is 0 Å². The van der Waals surface area contributed by atoms with Gasteiger partial charge in [0, 0.05) is 42.6 Å². The fourth-order valence-corrected chi connectivity index (χ4v) is 2.98. The van der Waals surface area contributed by atoms with E-state index in [1.807, 2.05) is 0 Å². The molecule has 0 saturated carbocycles. The number of hydrogen-bond donors (Lipinski definition) is 2. The lowest BCUT2D eigenvalue weighted by Gasteiger charge is -2.21. The zero-order valence-electron chi connectivity index (χ0n) is 12.0. The summed E-state index contributed by atoms with van der Waals surface area (Å²) in [7, 11) is 3.09. The number of methoxy groups -OCH3 is 2. The van der Waals surface area contributed by atoms with Crippen molar-refractivity contribution in [1.82, 2.24) is 5.32 Å². The molecule has 0 aromatic heterocycles. The molecule has 0 bridgehead atoms. The summed E-state index contributed by atoms with van der Waals surface area (Å²) in [6.07, 6.45) is 0.149. The lowest BCUT2D eigenvalue weighted by Crippen LogP contribution is -2.40. The molecule has 1 atom stereocenters. The van der Waals surface area contributed by atoms with Crippen molar-refractivity contribution in [3.63, 3.8) is 0 Å². The highest BCUT2D eigenvalue weighted by Gasteiger charge is 2.25. The van der Waals surface area contributed by atoms with Crippen molar-refractivity contribution in [2.75, 3.05) is 31.8 Å². The molecule has 1 saturated heterocycles. The molecule has 2 N–H and O–H groups in total. The van der Waals surface area contributed by atoms with Gasteiger partial charge in [0.2, 0.25) is 11.8 Å². The molecule has 114 valence electrons. The maximum absolute atomic E-state index is 12.0. The van der Waals surface area contributed by atoms with Crippen LogP contribution in [0.2, 0.25) is 0 Å². The van der Waals surface area contributed by atoms with E-state index in [2.05, 4.69) is 10.6 Å². The Morgan fingerprint density at radius 3 is 2.57 bits per heavy atom. The summed E-state index contributed by atoms with van der Waals surface area (Å²) >= 11 is 1.50. The fourth-order valence-electron chi connectivity index (χ4n) is 1.98. The first kappa shape index (κ1) is 15.5. The molecular weight excluding hydrogens is 292 g/mol. The number of nitrogens with one attached hydrogen (secondary N) is 2. The molecule has 6 nitrogen and oxygen atoms in total. The number of carbonyl (C=O) groups excluding carboxylic acids is 2. The maximum atomic E-state index is 12.0. The van der Waals surface area contributed by atoms with Crippen LogP contribution in [0.3, 0.4) is 0 Å². The Hall–Kier alpha value is -1.89. The molecule has 1 aliphatic heterocycles. The summed E-state index contributed by atoms with van der Waals surface area (Å²) in [5.74, 6) is 1.73. The number of ether oxygens (including phenoxy) is 2. The highest BCUT2D eigenvalue weighted by Crippen LogP contribution is 2.26. The zero-order valence-corrected chi connectivity index (χ0v) is 12.8. The van der Waals surface area contributed by atoms with Gasteiger partial charge >= 0.3 is 0 Å². The number of rotatable bonds is 5. The molecule has 0 unspecified atom stereocenters. The van der Waals surface area contributed by atoms with E-state index >= 15 is 0 Å². The average molecular weight is 310 g/mol. The van der Waals surface area contributed by atoms with Gasteiger partial charge < -0.3 is 20.1 Å². The summed E-state index contributed by atoms with van der Waals surface area (Å²) in [5.41, 5.74) is 0.581. The lowest BCUT2D eigenvalue weighted by molar-refractivity contribution is -0.123. The summed E-state index contributed by atoms with van der Waals surface area (Å²) in [4.78, 5) is 23.7. The molecular formula is C14H18N2O4S. The van der Waals surface area contributed by atoms with Crippen molar-refractivity contribution in [2.24, 2.45) is 0 Å². The second-order valence-electron chi connectivity index (χ2n) is 4.50. The Kier molecular flexibility index (Phi) is 5.32. The van der Waals surface area contributed by atoms with E-state index in [9.17, 15) is 9.59 Å². The summed E-state index contributed by atoms with van der Waals surface area (Å²) in [6, 6.07) is 5.13. The SMILES string of the molecule is COc1cc(NC(=O)C[C@@H]2SCCNC2=O)cc(OC)c1. The largest absolute Gasteiger partial charge is 0.497 e. The van der Waals surface area contributed by atoms with Crippen LogP contribution in [0.5, 0.6) is 11.5 Å². The molecule has 1 fully saturated rings. The molecule has 7 heteroatoms. The van der Waals surface area contributed by atoms with Gasteiger partial charge in [-0.1, -0.05) is 0 Å². The second-order valence-corrected chi connectivity index (χ2v) is 5.81. The van der Waals surface area contributed by atoms with Crippen molar-refractivity contribution < 1.29 is 19.1 Å². The first-order valence-corrected chi connectivity index (χ1v) is 7.59. The standard InChI is InChI=1S/C14H18N2O4S/c1-19-10-5-9(6-11(7-10)20-2)16-13(17)8-12-14(18)15-3-4-21-12/h5-7,12H,3-4,8H2,1-2H3,(H,15,18)(H,16,17)/t12-/m0/s1. The number of benzene rings is 1. The zero-order chi connectivity index (χ0) is 15.2. The molecule has 2 amide bonds. The van der Waals surface area contributed by atoms with Crippen LogP contribution < -0.4 is 20.1 Å². The summed E-state index contributed by atoms with van der Waals surface area (Å²) in [5, 5.41) is 5.20. The Bertz CT molecular complexity index is 513. The molecule has 1 heterocycles. The Labute approximate surface area is 127 Å². The molecule has 21 heavy (non-hydrogen) atoms. The number of anilines is 1. The number of amides is 2. The first-order chi connectivity index (χ1) is 10.1. The summed E-state index contributed by atoms with van der Waals surface area (Å²) in [6.45, 7) is 0.661. The van der Waals surface area contributed by atoms with E-state index in [0.717, 1.165) is 5.75 Å². The fraction of sp³-hybridized carbons (Fsp3) is 0.429. The third-order valence-corrected chi connectivity index (χ3v) is 4.24. The van der Waals surface area contributed by atoms with Crippen LogP contribution in [0, 0.1) is 0 Å². The third kappa shape index (κ3) is 4.29. The molecule has 0 aliphatic carbocycles. The van der Waals surface area contributed by atoms with Gasteiger partial charge in [0.1, 0.15) is 11.5 Å². The van der Waals surface area contributed by atoms with Crippen molar-refractivity contribution in [1.29, 1.82) is 0 Å². The highest BCUT2D eigenvalue weighted by atomic mass is 32.2. The van der Waals surface area contributed by atoms with Gasteiger partial charge in [-0.15, -0.1) is 11.8 Å². The van der Waals surface area contributed by atoms with Gasteiger partial charge in [0.05, 0.1) is 19.5 Å². The minimum Gasteiger partial charge on any atom is -0.497 e. The predicted molar refractivity (Wildman–Crippen MR) is 82.0 cm³/mol. The number of carbonyl (C=O) groups is 2. The molecule has 1 aromatic carbocycles. The molecule has 0 radical (unpaired) electrons. The third-order valence-electron chi connectivity index (χ3n) is 3.02. The van der Waals surface area contributed by atoms with Crippen LogP contribution >= 0.6 is 11.8 Å². The van der Waals surface area contributed by atoms with Crippen LogP contribution in [0.1, 0.15) is 6.42 Å². The minimum atomic E-state index is -0.328. The topological polar surface area (TPSA) is 76.7 Å². The van der Waals surface area contributed by atoms with E-state index in [4.69, 9.17) is 9.47 Å². The molecule has 1 aromatic rings. The van der Waals surface area contributed by atoms with Crippen molar-refractivity contribution in [2.45, 2.75) is 11.7 Å². The van der Waals surface area contributed by atoms with Crippen LogP contribution in [0.15, 0.2) is 18.2 Å². The van der Waals surface area contributed by atoms with Crippen LogP contribution in [0.4, 0.5) is 5.69 Å². The van der Waals surface area contributed by atoms with E-state index in [-0.39, 0.29) is 23.5 Å². The van der Waals surface area contributed by atoms with Gasteiger partial charge in [-0.25, -0.2) is 0 Å². The van der Waals surface area contributed by atoms with Gasteiger partial charge in [-0.3, -0.25) is 9.59 Å². The quantitative estimate of drug-likeness (QED) is 0.856. The maximum Gasteiger partial charge on any atom is 0.233 e. The van der Waals surface area contributed by atoms with E-state index in [0.29, 0.717) is 23.7 Å². The van der Waals surface area contributed by atoms with Gasteiger partial charge in [0.15, 0.2) is 0 Å². The molecule has 2 rings (SSSR count). The smallest absolute Gasteiger partial charge is 0.233 e. The van der Waals surface area contributed by atoms with E-state index in [1.165, 1.54) is 11.8 Å². The second kappa shape index (κ2) is 7.21. The lowest BCUT2D eigenvalue weighted by atomic mass is 10.2. The Morgan fingerprint density at radius 2 is 2.00 bits per heavy atom. The minimum absolute atomic E-state index is 0.0791.